The molecule has 0 bridgehead atoms. The lowest BCUT2D eigenvalue weighted by molar-refractivity contribution is -0.119. The van der Waals surface area contributed by atoms with Crippen molar-refractivity contribution in [2.24, 2.45) is 5.10 Å². The van der Waals surface area contributed by atoms with E-state index in [1.165, 1.54) is 24.4 Å². The molecule has 0 radical (unpaired) electrons. The van der Waals surface area contributed by atoms with Crippen LogP contribution in [-0.2, 0) is 14.8 Å². The minimum Gasteiger partial charge on any atom is -0.315 e. The molecule has 1 heterocycles. The van der Waals surface area contributed by atoms with Gasteiger partial charge in [0, 0.05) is 17.0 Å². The van der Waals surface area contributed by atoms with Gasteiger partial charge in [0.15, 0.2) is 0 Å². The van der Waals surface area contributed by atoms with Crippen LogP contribution in [0.2, 0.25) is 0 Å². The SMILES string of the molecule is Cc1cc(/C=N\NC(=O)CN(c2ccccc2)S(=O)(=O)c2ccccc2)c(C)n1-c1ccccc1F. The van der Waals surface area contributed by atoms with Crippen molar-refractivity contribution in [3.05, 3.63) is 114 Å². The maximum atomic E-state index is 14.3. The third-order valence-electron chi connectivity index (χ3n) is 5.62. The van der Waals surface area contributed by atoms with Crippen molar-refractivity contribution in [2.75, 3.05) is 10.8 Å². The molecule has 0 aliphatic carbocycles. The molecule has 0 spiro atoms. The summed E-state index contributed by atoms with van der Waals surface area (Å²) in [6.07, 6.45) is 1.45. The topological polar surface area (TPSA) is 83.8 Å². The van der Waals surface area contributed by atoms with Gasteiger partial charge in [-0.15, -0.1) is 0 Å². The van der Waals surface area contributed by atoms with E-state index >= 15 is 0 Å². The number of hydrazone groups is 1. The quantitative estimate of drug-likeness (QED) is 0.282. The van der Waals surface area contributed by atoms with E-state index in [2.05, 4.69) is 10.5 Å². The molecule has 9 heteroatoms. The van der Waals surface area contributed by atoms with Crippen molar-refractivity contribution in [3.63, 3.8) is 0 Å². The second kappa shape index (κ2) is 10.6. The number of anilines is 1. The number of para-hydroxylation sites is 2. The fourth-order valence-electron chi connectivity index (χ4n) is 3.89. The molecule has 1 amide bonds. The monoisotopic (exact) mass is 504 g/mol. The molecule has 0 aliphatic heterocycles. The number of hydrogen-bond donors (Lipinski definition) is 1. The summed E-state index contributed by atoms with van der Waals surface area (Å²) in [5.74, 6) is -0.964. The van der Waals surface area contributed by atoms with Gasteiger partial charge in [-0.2, -0.15) is 5.10 Å². The number of nitrogens with one attached hydrogen (secondary N) is 1. The maximum Gasteiger partial charge on any atom is 0.264 e. The van der Waals surface area contributed by atoms with Crippen LogP contribution in [0.5, 0.6) is 0 Å². The molecule has 1 N–H and O–H groups in total. The smallest absolute Gasteiger partial charge is 0.264 e. The lowest BCUT2D eigenvalue weighted by atomic mass is 10.2. The van der Waals surface area contributed by atoms with Crippen molar-refractivity contribution in [2.45, 2.75) is 18.7 Å². The lowest BCUT2D eigenvalue weighted by Crippen LogP contribution is -2.39. The van der Waals surface area contributed by atoms with E-state index in [-0.39, 0.29) is 10.7 Å². The predicted octanol–water partition coefficient (Wildman–Crippen LogP) is 4.58. The fraction of sp³-hybridized carbons (Fsp3) is 0.111. The highest BCUT2D eigenvalue weighted by Crippen LogP contribution is 2.24. The second-order valence-corrected chi connectivity index (χ2v) is 9.93. The second-order valence-electron chi connectivity index (χ2n) is 8.07. The Labute approximate surface area is 209 Å². The minimum absolute atomic E-state index is 0.0748. The van der Waals surface area contributed by atoms with Crippen molar-refractivity contribution in [3.8, 4) is 5.69 Å². The van der Waals surface area contributed by atoms with Crippen molar-refractivity contribution in [1.29, 1.82) is 0 Å². The van der Waals surface area contributed by atoms with E-state index in [0.717, 1.165) is 15.7 Å². The first-order chi connectivity index (χ1) is 17.3. The summed E-state index contributed by atoms with van der Waals surface area (Å²) in [5.41, 5.74) is 5.41. The highest BCUT2D eigenvalue weighted by molar-refractivity contribution is 7.92. The third kappa shape index (κ3) is 5.21. The number of sulfonamides is 1. The molecule has 1 aromatic heterocycles. The molecule has 7 nitrogen and oxygen atoms in total. The van der Waals surface area contributed by atoms with Gasteiger partial charge in [0.1, 0.15) is 12.4 Å². The van der Waals surface area contributed by atoms with Gasteiger partial charge in [-0.05, 0) is 56.3 Å². The third-order valence-corrected chi connectivity index (χ3v) is 7.41. The van der Waals surface area contributed by atoms with Crippen LogP contribution < -0.4 is 9.73 Å². The first-order valence-electron chi connectivity index (χ1n) is 11.2. The van der Waals surface area contributed by atoms with E-state index in [1.807, 2.05) is 19.9 Å². The van der Waals surface area contributed by atoms with Crippen molar-refractivity contribution < 1.29 is 17.6 Å². The van der Waals surface area contributed by atoms with Crippen molar-refractivity contribution >= 4 is 27.8 Å². The molecule has 184 valence electrons. The number of benzene rings is 3. The van der Waals surface area contributed by atoms with Crippen LogP contribution in [0.15, 0.2) is 101 Å². The van der Waals surface area contributed by atoms with Crippen LogP contribution in [-0.4, -0.2) is 31.7 Å². The van der Waals surface area contributed by atoms with Gasteiger partial charge in [-0.1, -0.05) is 48.5 Å². The highest BCUT2D eigenvalue weighted by atomic mass is 32.2. The molecule has 0 aliphatic rings. The van der Waals surface area contributed by atoms with E-state index < -0.39 is 22.5 Å². The number of carbonyl (C=O) groups excluding carboxylic acids is 1. The summed E-state index contributed by atoms with van der Waals surface area (Å²) >= 11 is 0. The van der Waals surface area contributed by atoms with Gasteiger partial charge in [-0.3, -0.25) is 9.10 Å². The number of nitrogens with zero attached hydrogens (tertiary/aromatic N) is 3. The van der Waals surface area contributed by atoms with Gasteiger partial charge in [0.25, 0.3) is 15.9 Å². The summed E-state index contributed by atoms with van der Waals surface area (Å²) in [4.78, 5) is 12.8. The largest absolute Gasteiger partial charge is 0.315 e. The first kappa shape index (κ1) is 24.9. The van der Waals surface area contributed by atoms with E-state index in [9.17, 15) is 17.6 Å². The van der Waals surface area contributed by atoms with Crippen molar-refractivity contribution in [1.82, 2.24) is 9.99 Å². The van der Waals surface area contributed by atoms with E-state index in [4.69, 9.17) is 0 Å². The predicted molar refractivity (Wildman–Crippen MR) is 138 cm³/mol. The molecule has 3 aromatic carbocycles. The molecule has 4 rings (SSSR count). The average molecular weight is 505 g/mol. The summed E-state index contributed by atoms with van der Waals surface area (Å²) in [5, 5.41) is 4.02. The summed E-state index contributed by atoms with van der Waals surface area (Å²) in [7, 11) is -3.99. The zero-order valence-corrected chi connectivity index (χ0v) is 20.6. The Morgan fingerprint density at radius 3 is 2.25 bits per heavy atom. The Kier molecular flexibility index (Phi) is 7.30. The molecular weight excluding hydrogens is 479 g/mol. The summed E-state index contributed by atoms with van der Waals surface area (Å²) in [6.45, 7) is 3.21. The Bertz CT molecular complexity index is 1500. The molecule has 36 heavy (non-hydrogen) atoms. The van der Waals surface area contributed by atoms with Gasteiger partial charge >= 0.3 is 0 Å². The van der Waals surface area contributed by atoms with Crippen LogP contribution in [0.3, 0.4) is 0 Å². The number of halogens is 1. The highest BCUT2D eigenvalue weighted by Gasteiger charge is 2.26. The van der Waals surface area contributed by atoms with E-state index in [1.54, 1.807) is 71.3 Å². The molecular formula is C27H25FN4O3S. The fourth-order valence-corrected chi connectivity index (χ4v) is 5.33. The molecule has 0 fully saturated rings. The van der Waals surface area contributed by atoms with Crippen LogP contribution in [0.1, 0.15) is 17.0 Å². The first-order valence-corrected chi connectivity index (χ1v) is 12.6. The number of carbonyl (C=O) groups is 1. The van der Waals surface area contributed by atoms with Gasteiger partial charge in [0.05, 0.1) is 22.5 Å². The van der Waals surface area contributed by atoms with Crippen LogP contribution >= 0.6 is 0 Å². The Morgan fingerprint density at radius 2 is 1.58 bits per heavy atom. The molecule has 0 saturated carbocycles. The number of aryl methyl sites for hydroxylation is 1. The normalized spacial score (nSPS) is 11.5. The summed E-state index contributed by atoms with van der Waals surface area (Å²) < 4.78 is 43.7. The maximum absolute atomic E-state index is 14.3. The number of amides is 1. The number of rotatable bonds is 8. The zero-order valence-electron chi connectivity index (χ0n) is 19.8. The van der Waals surface area contributed by atoms with Crippen LogP contribution in [0.25, 0.3) is 5.69 Å². The molecule has 0 atom stereocenters. The average Bonchev–Trinajstić information content (AvgIpc) is 3.16. The lowest BCUT2D eigenvalue weighted by Gasteiger charge is -2.23. The molecule has 0 unspecified atom stereocenters. The van der Waals surface area contributed by atoms with Gasteiger partial charge < -0.3 is 4.57 Å². The number of hydrogen-bond acceptors (Lipinski definition) is 4. The Balaban J connectivity index is 1.54. The van der Waals surface area contributed by atoms with Gasteiger partial charge in [-0.25, -0.2) is 18.2 Å². The van der Waals surface area contributed by atoms with Crippen LogP contribution in [0, 0.1) is 19.7 Å². The minimum atomic E-state index is -3.99. The molecule has 4 aromatic rings. The standard InChI is InChI=1S/C27H25FN4O3S/c1-20-17-22(21(2)32(20)26-16-10-9-15-25(26)28)18-29-30-27(33)19-31(23-11-5-3-6-12-23)36(34,35)24-13-7-4-8-14-24/h3-18H,19H2,1-2H3,(H,30,33)/b29-18-. The Morgan fingerprint density at radius 1 is 0.972 bits per heavy atom. The van der Waals surface area contributed by atoms with Gasteiger partial charge in [0.2, 0.25) is 0 Å². The number of aromatic nitrogens is 1. The zero-order chi connectivity index (χ0) is 25.7. The molecule has 0 saturated heterocycles. The Hall–Kier alpha value is -4.24. The van der Waals surface area contributed by atoms with E-state index in [0.29, 0.717) is 16.9 Å². The summed E-state index contributed by atoms with van der Waals surface area (Å²) in [6, 6.07) is 24.6. The van der Waals surface area contributed by atoms with Crippen LogP contribution in [0.4, 0.5) is 10.1 Å².